The highest BCUT2D eigenvalue weighted by molar-refractivity contribution is 5.92. The summed E-state index contributed by atoms with van der Waals surface area (Å²) in [5, 5.41) is 7.03. The molecule has 1 N–H and O–H groups in total. The number of aromatic nitrogens is 5. The van der Waals surface area contributed by atoms with Crippen LogP contribution in [0.5, 0.6) is 5.75 Å². The highest BCUT2D eigenvalue weighted by Crippen LogP contribution is 2.24. The zero-order valence-electron chi connectivity index (χ0n) is 19.2. The molecule has 9 nitrogen and oxygen atoms in total. The van der Waals surface area contributed by atoms with E-state index in [1.807, 2.05) is 58.0 Å². The quantitative estimate of drug-likeness (QED) is 0.475. The predicted molar refractivity (Wildman–Crippen MR) is 122 cm³/mol. The van der Waals surface area contributed by atoms with Gasteiger partial charge < -0.3 is 14.6 Å². The second-order valence-electron chi connectivity index (χ2n) is 8.71. The summed E-state index contributed by atoms with van der Waals surface area (Å²) in [6.07, 6.45) is 4.83. The summed E-state index contributed by atoms with van der Waals surface area (Å²) in [7, 11) is 1.62. The molecule has 3 heterocycles. The number of nitrogens with one attached hydrogen (secondary N) is 1. The number of imidazole rings is 1. The van der Waals surface area contributed by atoms with Gasteiger partial charge in [0.05, 0.1) is 13.2 Å². The van der Waals surface area contributed by atoms with Crippen molar-refractivity contribution in [3.63, 3.8) is 0 Å². The van der Waals surface area contributed by atoms with E-state index in [-0.39, 0.29) is 23.1 Å². The zero-order valence-corrected chi connectivity index (χ0v) is 19.2. The Morgan fingerprint density at radius 1 is 1.15 bits per heavy atom. The Morgan fingerprint density at radius 2 is 1.91 bits per heavy atom. The van der Waals surface area contributed by atoms with Crippen molar-refractivity contribution >= 4 is 5.91 Å². The van der Waals surface area contributed by atoms with E-state index in [9.17, 15) is 4.79 Å². The lowest BCUT2D eigenvalue weighted by Crippen LogP contribution is -2.26. The third-order valence-corrected chi connectivity index (χ3v) is 5.13. The van der Waals surface area contributed by atoms with Crippen LogP contribution in [0.1, 0.15) is 55.6 Å². The minimum Gasteiger partial charge on any atom is -0.497 e. The first-order valence-corrected chi connectivity index (χ1v) is 10.5. The van der Waals surface area contributed by atoms with Crippen LogP contribution in [0.3, 0.4) is 0 Å². The number of nitrogens with zero attached hydrogens (tertiary/aromatic N) is 5. The third kappa shape index (κ3) is 4.92. The lowest BCUT2D eigenvalue weighted by Gasteiger charge is -2.13. The Kier molecular flexibility index (Phi) is 5.95. The molecule has 1 atom stereocenters. The molecular formula is C24H26N6O3. The maximum atomic E-state index is 12.7. The predicted octanol–water partition coefficient (Wildman–Crippen LogP) is 4.11. The van der Waals surface area contributed by atoms with Crippen LogP contribution in [0.4, 0.5) is 0 Å². The Balaban J connectivity index is 1.49. The molecule has 33 heavy (non-hydrogen) atoms. The lowest BCUT2D eigenvalue weighted by atomic mass is 9.96. The molecule has 0 saturated carbocycles. The van der Waals surface area contributed by atoms with Crippen LogP contribution in [0.25, 0.3) is 17.3 Å². The van der Waals surface area contributed by atoms with Crippen molar-refractivity contribution < 1.29 is 14.1 Å². The molecule has 0 unspecified atom stereocenters. The molecule has 4 aromatic rings. The SMILES string of the molecule is COc1ccc([C@H](C)NC(=O)c2cn(-c3cc(-c4nc(C(C)(C)C)no4)ccn3)cn2)cc1. The molecule has 0 saturated heterocycles. The van der Waals surface area contributed by atoms with Crippen LogP contribution < -0.4 is 10.1 Å². The normalized spacial score (nSPS) is 12.4. The molecular weight excluding hydrogens is 420 g/mol. The van der Waals surface area contributed by atoms with Gasteiger partial charge in [-0.2, -0.15) is 4.98 Å². The van der Waals surface area contributed by atoms with Crippen molar-refractivity contribution in [1.29, 1.82) is 0 Å². The summed E-state index contributed by atoms with van der Waals surface area (Å²) >= 11 is 0. The largest absolute Gasteiger partial charge is 0.497 e. The smallest absolute Gasteiger partial charge is 0.271 e. The molecule has 1 amide bonds. The zero-order chi connectivity index (χ0) is 23.6. The molecule has 0 radical (unpaired) electrons. The number of ether oxygens (including phenoxy) is 1. The second-order valence-corrected chi connectivity index (χ2v) is 8.71. The Hall–Kier alpha value is -4.01. The number of carbonyl (C=O) groups is 1. The number of hydrogen-bond acceptors (Lipinski definition) is 7. The van der Waals surface area contributed by atoms with E-state index in [0.717, 1.165) is 16.9 Å². The van der Waals surface area contributed by atoms with Gasteiger partial charge in [-0.3, -0.25) is 9.36 Å². The maximum Gasteiger partial charge on any atom is 0.271 e. The number of benzene rings is 1. The number of methoxy groups -OCH3 is 1. The fraction of sp³-hybridized carbons (Fsp3) is 0.292. The first-order chi connectivity index (χ1) is 15.7. The van der Waals surface area contributed by atoms with Crippen LogP contribution in [0.15, 0.2) is 59.6 Å². The van der Waals surface area contributed by atoms with Crippen molar-refractivity contribution in [2.45, 2.75) is 39.2 Å². The summed E-state index contributed by atoms with van der Waals surface area (Å²) in [4.78, 5) is 25.8. The molecule has 0 aliphatic carbocycles. The van der Waals surface area contributed by atoms with Gasteiger partial charge in [-0.05, 0) is 36.8 Å². The number of amides is 1. The molecule has 4 rings (SSSR count). The number of hydrogen-bond donors (Lipinski definition) is 1. The molecule has 0 bridgehead atoms. The highest BCUT2D eigenvalue weighted by Gasteiger charge is 2.22. The van der Waals surface area contributed by atoms with Gasteiger partial charge in [-0.1, -0.05) is 38.1 Å². The standard InChI is InChI=1S/C24H26N6O3/c1-15(16-6-8-18(32-5)9-7-16)27-21(31)19-13-30(14-26-19)20-12-17(10-11-25-20)22-28-23(29-33-22)24(2,3)4/h6-15H,1-5H3,(H,27,31)/t15-/m0/s1. The summed E-state index contributed by atoms with van der Waals surface area (Å²) in [5.41, 5.74) is 1.77. The molecule has 0 aliphatic heterocycles. The van der Waals surface area contributed by atoms with Crippen LogP contribution in [-0.2, 0) is 5.41 Å². The average Bonchev–Trinajstić information content (AvgIpc) is 3.49. The summed E-state index contributed by atoms with van der Waals surface area (Å²) in [5.74, 6) is 2.11. The van der Waals surface area contributed by atoms with E-state index in [2.05, 4.69) is 25.4 Å². The minimum absolute atomic E-state index is 0.190. The molecule has 0 fully saturated rings. The summed E-state index contributed by atoms with van der Waals surface area (Å²) in [6.45, 7) is 7.98. The fourth-order valence-electron chi connectivity index (χ4n) is 3.15. The molecule has 0 aliphatic rings. The van der Waals surface area contributed by atoms with Crippen molar-refractivity contribution in [3.8, 4) is 23.0 Å². The van der Waals surface area contributed by atoms with E-state index in [1.54, 1.807) is 36.5 Å². The monoisotopic (exact) mass is 446 g/mol. The first kappa shape index (κ1) is 22.2. The highest BCUT2D eigenvalue weighted by atomic mass is 16.5. The minimum atomic E-state index is -0.278. The Bertz CT molecular complexity index is 1250. The van der Waals surface area contributed by atoms with E-state index in [0.29, 0.717) is 17.5 Å². The number of pyridine rings is 1. The van der Waals surface area contributed by atoms with Gasteiger partial charge >= 0.3 is 0 Å². The van der Waals surface area contributed by atoms with Crippen molar-refractivity contribution in [3.05, 3.63) is 72.2 Å². The maximum absolute atomic E-state index is 12.7. The van der Waals surface area contributed by atoms with Gasteiger partial charge in [0.1, 0.15) is 23.6 Å². The van der Waals surface area contributed by atoms with Gasteiger partial charge in [0.25, 0.3) is 11.8 Å². The van der Waals surface area contributed by atoms with Crippen molar-refractivity contribution in [2.24, 2.45) is 0 Å². The van der Waals surface area contributed by atoms with Crippen LogP contribution >= 0.6 is 0 Å². The lowest BCUT2D eigenvalue weighted by molar-refractivity contribution is 0.0935. The van der Waals surface area contributed by atoms with Gasteiger partial charge in [0.15, 0.2) is 5.82 Å². The number of carbonyl (C=O) groups excluding carboxylic acids is 1. The van der Waals surface area contributed by atoms with Gasteiger partial charge in [-0.15, -0.1) is 0 Å². The molecule has 1 aromatic carbocycles. The second kappa shape index (κ2) is 8.85. The average molecular weight is 447 g/mol. The van der Waals surface area contributed by atoms with E-state index < -0.39 is 0 Å². The molecule has 3 aromatic heterocycles. The van der Waals surface area contributed by atoms with E-state index in [1.165, 1.54) is 0 Å². The molecule has 170 valence electrons. The van der Waals surface area contributed by atoms with Crippen molar-refractivity contribution in [2.75, 3.05) is 7.11 Å². The number of rotatable bonds is 6. The fourth-order valence-corrected chi connectivity index (χ4v) is 3.15. The molecule has 9 heteroatoms. The third-order valence-electron chi connectivity index (χ3n) is 5.13. The first-order valence-electron chi connectivity index (χ1n) is 10.5. The summed E-state index contributed by atoms with van der Waals surface area (Å²) in [6, 6.07) is 11.0. The van der Waals surface area contributed by atoms with Crippen LogP contribution in [0.2, 0.25) is 0 Å². The topological polar surface area (TPSA) is 108 Å². The van der Waals surface area contributed by atoms with Crippen LogP contribution in [-0.4, -0.2) is 37.7 Å². The molecule has 0 spiro atoms. The van der Waals surface area contributed by atoms with Gasteiger partial charge in [0, 0.05) is 23.4 Å². The van der Waals surface area contributed by atoms with Crippen molar-refractivity contribution in [1.82, 2.24) is 30.0 Å². The van der Waals surface area contributed by atoms with Gasteiger partial charge in [-0.25, -0.2) is 9.97 Å². The van der Waals surface area contributed by atoms with E-state index in [4.69, 9.17) is 9.26 Å². The van der Waals surface area contributed by atoms with Gasteiger partial charge in [0.2, 0.25) is 0 Å². The summed E-state index contributed by atoms with van der Waals surface area (Å²) < 4.78 is 12.3. The van der Waals surface area contributed by atoms with E-state index >= 15 is 0 Å². The Morgan fingerprint density at radius 3 is 2.58 bits per heavy atom. The Labute approximate surface area is 191 Å². The van der Waals surface area contributed by atoms with Crippen LogP contribution in [0, 0.1) is 0 Å².